The zero-order valence-electron chi connectivity index (χ0n) is 17.6. The largest absolute Gasteiger partial charge is 0.497 e. The molecule has 9 heteroatoms. The Labute approximate surface area is 184 Å². The molecule has 1 atom stereocenters. The molecule has 2 aromatic rings. The van der Waals surface area contributed by atoms with Crippen molar-refractivity contribution >= 4 is 24.3 Å². The topological polar surface area (TPSA) is 131 Å². The molecule has 1 aliphatic heterocycles. The fourth-order valence-electron chi connectivity index (χ4n) is 4.16. The van der Waals surface area contributed by atoms with Crippen LogP contribution in [0.2, 0.25) is 0 Å². The lowest BCUT2D eigenvalue weighted by molar-refractivity contribution is -0.120. The number of hydrogen-bond acceptors (Lipinski definition) is 5. The monoisotopic (exact) mass is 436 g/mol. The number of amides is 5. The van der Waals surface area contributed by atoms with Crippen LogP contribution < -0.4 is 21.1 Å². The number of primary amides is 1. The normalized spacial score (nSPS) is 16.7. The van der Waals surface area contributed by atoms with E-state index in [1.54, 1.807) is 29.2 Å². The second-order valence-corrected chi connectivity index (χ2v) is 8.07. The molecule has 0 radical (unpaired) electrons. The van der Waals surface area contributed by atoms with Crippen LogP contribution in [0, 0.1) is 0 Å². The first kappa shape index (κ1) is 21.4. The summed E-state index contributed by atoms with van der Waals surface area (Å²) in [6.45, 7) is 0.594. The third-order valence-electron chi connectivity index (χ3n) is 6.18. The van der Waals surface area contributed by atoms with Crippen LogP contribution in [0.15, 0.2) is 42.5 Å². The van der Waals surface area contributed by atoms with E-state index in [-0.39, 0.29) is 18.4 Å². The van der Waals surface area contributed by atoms with E-state index in [0.717, 1.165) is 29.5 Å². The third kappa shape index (κ3) is 3.89. The summed E-state index contributed by atoms with van der Waals surface area (Å²) in [6, 6.07) is 11.4. The van der Waals surface area contributed by atoms with Crippen LogP contribution in [0.5, 0.6) is 5.75 Å². The van der Waals surface area contributed by atoms with Gasteiger partial charge in [-0.05, 0) is 41.7 Å². The van der Waals surface area contributed by atoms with Gasteiger partial charge < -0.3 is 20.7 Å². The molecule has 4 rings (SSSR count). The van der Waals surface area contributed by atoms with Crippen molar-refractivity contribution in [2.45, 2.75) is 30.8 Å². The predicted octanol–water partition coefficient (Wildman–Crippen LogP) is 1.36. The average molecular weight is 436 g/mol. The maximum absolute atomic E-state index is 12.9. The Morgan fingerprint density at radius 1 is 1.22 bits per heavy atom. The number of imide groups is 1. The maximum atomic E-state index is 12.9. The van der Waals surface area contributed by atoms with Crippen LogP contribution >= 0.6 is 0 Å². The number of hydrogen-bond donors (Lipinski definition) is 3. The van der Waals surface area contributed by atoms with Crippen molar-refractivity contribution in [2.24, 2.45) is 5.73 Å². The smallest absolute Gasteiger partial charge is 0.321 e. The van der Waals surface area contributed by atoms with Crippen LogP contribution in [0.3, 0.4) is 0 Å². The molecule has 32 heavy (non-hydrogen) atoms. The Hall–Kier alpha value is -3.88. The summed E-state index contributed by atoms with van der Waals surface area (Å²) in [6.07, 6.45) is 1.73. The molecule has 0 spiro atoms. The van der Waals surface area contributed by atoms with E-state index in [4.69, 9.17) is 10.5 Å². The van der Waals surface area contributed by atoms with Gasteiger partial charge in [0.15, 0.2) is 0 Å². The molecule has 5 amide bonds. The summed E-state index contributed by atoms with van der Waals surface area (Å²) in [5, 5.41) is 4.80. The number of nitrogens with two attached hydrogens (primary N) is 1. The number of carbonyl (C=O) groups is 4. The highest BCUT2D eigenvalue weighted by Crippen LogP contribution is 2.48. The van der Waals surface area contributed by atoms with E-state index in [9.17, 15) is 19.2 Å². The summed E-state index contributed by atoms with van der Waals surface area (Å²) in [4.78, 5) is 49.1. The number of fused-ring (bicyclic) bond motifs is 1. The highest BCUT2D eigenvalue weighted by Gasteiger charge is 2.49. The van der Waals surface area contributed by atoms with Crippen LogP contribution in [0.25, 0.3) is 0 Å². The summed E-state index contributed by atoms with van der Waals surface area (Å²) >= 11 is 0. The maximum Gasteiger partial charge on any atom is 0.321 e. The Bertz CT molecular complexity index is 1080. The molecule has 2 aromatic carbocycles. The standard InChI is InChI=1S/C23H24N4O5/c1-32-17-7-4-15-11-27(20(29)18(15)10-17)12-19(26-22(31)25-13-28)14-2-5-16(6-3-14)23(8-9-23)21(24)30/h2-7,10,13,19H,8-9,11-12H2,1H3,(H2,24,30)(H2,25,26,28,31)/t19-/m0/s1. The van der Waals surface area contributed by atoms with Crippen LogP contribution in [0.1, 0.15) is 45.9 Å². The number of urea groups is 1. The van der Waals surface area contributed by atoms with Crippen molar-refractivity contribution in [3.63, 3.8) is 0 Å². The van der Waals surface area contributed by atoms with Gasteiger partial charge in [-0.25, -0.2) is 4.79 Å². The Morgan fingerprint density at radius 2 is 1.94 bits per heavy atom. The van der Waals surface area contributed by atoms with Gasteiger partial charge in [-0.1, -0.05) is 30.3 Å². The first-order chi connectivity index (χ1) is 15.4. The molecule has 1 fully saturated rings. The third-order valence-corrected chi connectivity index (χ3v) is 6.18. The van der Waals surface area contributed by atoms with Gasteiger partial charge >= 0.3 is 6.03 Å². The summed E-state index contributed by atoms with van der Waals surface area (Å²) < 4.78 is 5.21. The van der Waals surface area contributed by atoms with E-state index in [1.807, 2.05) is 18.2 Å². The lowest BCUT2D eigenvalue weighted by atomic mass is 9.93. The zero-order valence-corrected chi connectivity index (χ0v) is 17.6. The fraction of sp³-hybridized carbons (Fsp3) is 0.304. The van der Waals surface area contributed by atoms with Gasteiger partial charge in [0.1, 0.15) is 5.75 Å². The quantitative estimate of drug-likeness (QED) is 0.538. The zero-order chi connectivity index (χ0) is 22.9. The molecule has 1 saturated carbocycles. The molecule has 0 unspecified atom stereocenters. The van der Waals surface area contributed by atoms with Crippen molar-refractivity contribution in [1.29, 1.82) is 0 Å². The van der Waals surface area contributed by atoms with E-state index in [1.165, 1.54) is 7.11 Å². The average Bonchev–Trinajstić information content (AvgIpc) is 3.55. The number of ether oxygens (including phenoxy) is 1. The van der Waals surface area contributed by atoms with E-state index in [0.29, 0.717) is 24.3 Å². The molecule has 1 heterocycles. The summed E-state index contributed by atoms with van der Waals surface area (Å²) in [5.74, 6) is 0.0861. The van der Waals surface area contributed by atoms with Crippen molar-refractivity contribution < 1.29 is 23.9 Å². The Kier molecular flexibility index (Phi) is 5.56. The first-order valence-electron chi connectivity index (χ1n) is 10.2. The summed E-state index contributed by atoms with van der Waals surface area (Å²) in [7, 11) is 1.54. The number of nitrogens with zero attached hydrogens (tertiary/aromatic N) is 1. The second kappa shape index (κ2) is 8.33. The molecule has 0 saturated heterocycles. The highest BCUT2D eigenvalue weighted by atomic mass is 16.5. The number of nitrogens with one attached hydrogen (secondary N) is 2. The SMILES string of the molecule is COc1ccc2c(c1)C(=O)N(C[C@H](NC(=O)NC=O)c1ccc(C3(C(N)=O)CC3)cc1)C2. The van der Waals surface area contributed by atoms with Gasteiger partial charge in [0.05, 0.1) is 18.6 Å². The van der Waals surface area contributed by atoms with Crippen molar-refractivity contribution in [3.05, 3.63) is 64.7 Å². The van der Waals surface area contributed by atoms with Gasteiger partial charge in [0.2, 0.25) is 12.3 Å². The predicted molar refractivity (Wildman–Crippen MR) is 115 cm³/mol. The van der Waals surface area contributed by atoms with Gasteiger partial charge in [0.25, 0.3) is 5.91 Å². The van der Waals surface area contributed by atoms with E-state index >= 15 is 0 Å². The number of methoxy groups -OCH3 is 1. The lowest BCUT2D eigenvalue weighted by Gasteiger charge is -2.25. The number of carbonyl (C=O) groups excluding carboxylic acids is 4. The molecule has 9 nitrogen and oxygen atoms in total. The minimum absolute atomic E-state index is 0.163. The molecule has 2 aliphatic rings. The lowest BCUT2D eigenvalue weighted by Crippen LogP contribution is -2.42. The molecular formula is C23H24N4O5. The Balaban J connectivity index is 1.56. The second-order valence-electron chi connectivity index (χ2n) is 8.07. The highest BCUT2D eigenvalue weighted by molar-refractivity contribution is 5.98. The molecule has 0 bridgehead atoms. The number of benzene rings is 2. The Morgan fingerprint density at radius 3 is 2.53 bits per heavy atom. The van der Waals surface area contributed by atoms with Gasteiger partial charge in [-0.2, -0.15) is 0 Å². The van der Waals surface area contributed by atoms with E-state index in [2.05, 4.69) is 10.6 Å². The minimum atomic E-state index is -0.671. The van der Waals surface area contributed by atoms with Crippen LogP contribution in [-0.4, -0.2) is 42.8 Å². The first-order valence-corrected chi connectivity index (χ1v) is 10.2. The summed E-state index contributed by atoms with van der Waals surface area (Å²) in [5.41, 5.74) is 7.95. The van der Waals surface area contributed by atoms with E-state index < -0.39 is 17.5 Å². The minimum Gasteiger partial charge on any atom is -0.497 e. The van der Waals surface area contributed by atoms with Crippen LogP contribution in [-0.2, 0) is 21.5 Å². The van der Waals surface area contributed by atoms with Gasteiger partial charge in [-0.15, -0.1) is 0 Å². The molecule has 1 aliphatic carbocycles. The molecule has 0 aromatic heterocycles. The molecular weight excluding hydrogens is 412 g/mol. The fourth-order valence-corrected chi connectivity index (χ4v) is 4.16. The molecule has 4 N–H and O–H groups in total. The van der Waals surface area contributed by atoms with Crippen LogP contribution in [0.4, 0.5) is 4.79 Å². The van der Waals surface area contributed by atoms with Crippen molar-refractivity contribution in [2.75, 3.05) is 13.7 Å². The molecule has 166 valence electrons. The number of rotatable bonds is 8. The van der Waals surface area contributed by atoms with Gasteiger partial charge in [0, 0.05) is 18.7 Å². The van der Waals surface area contributed by atoms with Crippen molar-refractivity contribution in [1.82, 2.24) is 15.5 Å². The van der Waals surface area contributed by atoms with Gasteiger partial charge in [-0.3, -0.25) is 19.7 Å². The van der Waals surface area contributed by atoms with Crippen molar-refractivity contribution in [3.8, 4) is 5.75 Å².